The Morgan fingerprint density at radius 2 is 2.12 bits per heavy atom. The molecule has 98 valence electrons. The van der Waals surface area contributed by atoms with Gasteiger partial charge in [-0.05, 0) is 45.3 Å². The molecule has 0 radical (unpaired) electrons. The molecule has 1 saturated heterocycles. The highest BCUT2D eigenvalue weighted by atomic mass is 32.1. The molecular weight excluding hydrogens is 234 g/mol. The van der Waals surface area contributed by atoms with Gasteiger partial charge in [-0.25, -0.2) is 0 Å². The Morgan fingerprint density at radius 1 is 1.47 bits per heavy atom. The van der Waals surface area contributed by atoms with Crippen LogP contribution in [0.3, 0.4) is 0 Å². The molecule has 3 N–H and O–H groups in total. The summed E-state index contributed by atoms with van der Waals surface area (Å²) in [6.45, 7) is 6.13. The standard InChI is InChI=1S/C12H23N3OS/c1-2-10(11(13)17)12(16)14-6-5-9-15-7-3-4-8-15/h10H,2-9H2,1H3,(H2,13,17)(H,14,16). The van der Waals surface area contributed by atoms with Crippen LogP contribution in [-0.2, 0) is 4.79 Å². The summed E-state index contributed by atoms with van der Waals surface area (Å²) >= 11 is 4.87. The van der Waals surface area contributed by atoms with E-state index in [-0.39, 0.29) is 11.8 Å². The minimum atomic E-state index is -0.309. The minimum Gasteiger partial charge on any atom is -0.393 e. The summed E-state index contributed by atoms with van der Waals surface area (Å²) in [5.74, 6) is -0.335. The van der Waals surface area contributed by atoms with Crippen molar-refractivity contribution in [3.63, 3.8) is 0 Å². The molecule has 0 bridgehead atoms. The molecule has 5 heteroatoms. The SMILES string of the molecule is CCC(C(=O)NCCCN1CCCC1)C(N)=S. The number of carbonyl (C=O) groups is 1. The molecule has 17 heavy (non-hydrogen) atoms. The second kappa shape index (κ2) is 7.61. The first-order valence-corrected chi connectivity index (χ1v) is 6.85. The Hall–Kier alpha value is -0.680. The van der Waals surface area contributed by atoms with Crippen molar-refractivity contribution in [2.45, 2.75) is 32.6 Å². The molecule has 1 heterocycles. The van der Waals surface area contributed by atoms with Gasteiger partial charge in [0, 0.05) is 6.54 Å². The van der Waals surface area contributed by atoms with E-state index in [0.29, 0.717) is 18.0 Å². The zero-order valence-electron chi connectivity index (χ0n) is 10.6. The molecule has 0 saturated carbocycles. The van der Waals surface area contributed by atoms with E-state index >= 15 is 0 Å². The number of nitrogens with two attached hydrogens (primary N) is 1. The van der Waals surface area contributed by atoms with E-state index in [1.807, 2.05) is 6.92 Å². The number of hydrogen-bond donors (Lipinski definition) is 2. The van der Waals surface area contributed by atoms with Crippen molar-refractivity contribution in [2.75, 3.05) is 26.2 Å². The monoisotopic (exact) mass is 257 g/mol. The molecule has 1 aliphatic rings. The van der Waals surface area contributed by atoms with Crippen molar-refractivity contribution in [3.8, 4) is 0 Å². The highest BCUT2D eigenvalue weighted by molar-refractivity contribution is 7.80. The molecule has 0 aromatic carbocycles. The fraction of sp³-hybridized carbons (Fsp3) is 0.833. The summed E-state index contributed by atoms with van der Waals surface area (Å²) in [4.78, 5) is 14.5. The highest BCUT2D eigenvalue weighted by Crippen LogP contribution is 2.07. The van der Waals surface area contributed by atoms with Crippen LogP contribution >= 0.6 is 12.2 Å². The largest absolute Gasteiger partial charge is 0.393 e. The maximum Gasteiger partial charge on any atom is 0.229 e. The van der Waals surface area contributed by atoms with Crippen molar-refractivity contribution >= 4 is 23.1 Å². The van der Waals surface area contributed by atoms with Crippen molar-refractivity contribution < 1.29 is 4.79 Å². The van der Waals surface area contributed by atoms with Gasteiger partial charge in [0.1, 0.15) is 0 Å². The van der Waals surface area contributed by atoms with Crippen molar-refractivity contribution in [3.05, 3.63) is 0 Å². The first kappa shape index (κ1) is 14.4. The lowest BCUT2D eigenvalue weighted by atomic mass is 10.1. The van der Waals surface area contributed by atoms with E-state index in [0.717, 1.165) is 13.0 Å². The molecule has 4 nitrogen and oxygen atoms in total. The summed E-state index contributed by atoms with van der Waals surface area (Å²) in [6, 6.07) is 0. The number of rotatable bonds is 7. The summed E-state index contributed by atoms with van der Waals surface area (Å²) in [6.07, 6.45) is 4.30. The molecule has 1 fully saturated rings. The molecular formula is C12H23N3OS. The molecule has 0 spiro atoms. The van der Waals surface area contributed by atoms with E-state index < -0.39 is 0 Å². The van der Waals surface area contributed by atoms with Crippen LogP contribution in [-0.4, -0.2) is 42.0 Å². The van der Waals surface area contributed by atoms with Gasteiger partial charge in [-0.2, -0.15) is 0 Å². The summed E-state index contributed by atoms with van der Waals surface area (Å²) in [5, 5.41) is 2.91. The third kappa shape index (κ3) is 5.00. The first-order valence-electron chi connectivity index (χ1n) is 6.44. The predicted octanol–water partition coefficient (Wildman–Crippen LogP) is 0.901. The number of nitrogens with zero attached hydrogens (tertiary/aromatic N) is 1. The Bertz CT molecular complexity index is 264. The van der Waals surface area contributed by atoms with Crippen LogP contribution in [0, 0.1) is 5.92 Å². The van der Waals surface area contributed by atoms with Crippen LogP contribution in [0.5, 0.6) is 0 Å². The number of amides is 1. The molecule has 0 aromatic rings. The molecule has 1 rings (SSSR count). The number of thiocarbonyl (C=S) groups is 1. The van der Waals surface area contributed by atoms with Gasteiger partial charge in [0.15, 0.2) is 0 Å². The smallest absolute Gasteiger partial charge is 0.229 e. The van der Waals surface area contributed by atoms with Gasteiger partial charge in [-0.1, -0.05) is 19.1 Å². The quantitative estimate of drug-likeness (QED) is 0.525. The fourth-order valence-corrected chi connectivity index (χ4v) is 2.43. The van der Waals surface area contributed by atoms with Gasteiger partial charge >= 0.3 is 0 Å². The van der Waals surface area contributed by atoms with E-state index in [2.05, 4.69) is 10.2 Å². The van der Waals surface area contributed by atoms with Crippen LogP contribution in [0.15, 0.2) is 0 Å². The highest BCUT2D eigenvalue weighted by Gasteiger charge is 2.18. The number of nitrogens with one attached hydrogen (secondary N) is 1. The molecule has 1 unspecified atom stereocenters. The van der Waals surface area contributed by atoms with Gasteiger partial charge in [-0.3, -0.25) is 4.79 Å². The maximum atomic E-state index is 11.7. The van der Waals surface area contributed by atoms with Gasteiger partial charge < -0.3 is 16.0 Å². The lowest BCUT2D eigenvalue weighted by molar-refractivity contribution is -0.123. The third-order valence-electron chi connectivity index (χ3n) is 3.22. The molecule has 1 aliphatic heterocycles. The van der Waals surface area contributed by atoms with E-state index in [9.17, 15) is 4.79 Å². The normalized spacial score (nSPS) is 17.9. The number of hydrogen-bond acceptors (Lipinski definition) is 3. The van der Waals surface area contributed by atoms with Gasteiger partial charge in [0.25, 0.3) is 0 Å². The van der Waals surface area contributed by atoms with Crippen LogP contribution in [0.2, 0.25) is 0 Å². The minimum absolute atomic E-state index is 0.0265. The summed E-state index contributed by atoms with van der Waals surface area (Å²) in [5.41, 5.74) is 5.51. The lowest BCUT2D eigenvalue weighted by Crippen LogP contribution is -2.38. The predicted molar refractivity (Wildman–Crippen MR) is 73.9 cm³/mol. The maximum absolute atomic E-state index is 11.7. The van der Waals surface area contributed by atoms with Gasteiger partial charge in [-0.15, -0.1) is 0 Å². The Morgan fingerprint density at radius 3 is 2.65 bits per heavy atom. The second-order valence-corrected chi connectivity index (χ2v) is 5.03. The van der Waals surface area contributed by atoms with Crippen molar-refractivity contribution in [2.24, 2.45) is 11.7 Å². The molecule has 1 amide bonds. The zero-order valence-corrected chi connectivity index (χ0v) is 11.4. The van der Waals surface area contributed by atoms with E-state index in [1.54, 1.807) is 0 Å². The molecule has 0 aliphatic carbocycles. The second-order valence-electron chi connectivity index (χ2n) is 4.56. The zero-order chi connectivity index (χ0) is 12.7. The van der Waals surface area contributed by atoms with E-state index in [4.69, 9.17) is 18.0 Å². The molecule has 0 aromatic heterocycles. The summed E-state index contributed by atoms with van der Waals surface area (Å²) in [7, 11) is 0. The Kier molecular flexibility index (Phi) is 6.44. The fourth-order valence-electron chi connectivity index (χ4n) is 2.16. The topological polar surface area (TPSA) is 58.4 Å². The number of carbonyl (C=O) groups excluding carboxylic acids is 1. The first-order chi connectivity index (χ1) is 8.15. The Labute approximate surface area is 109 Å². The van der Waals surface area contributed by atoms with Crippen LogP contribution < -0.4 is 11.1 Å². The van der Waals surface area contributed by atoms with Crippen molar-refractivity contribution in [1.29, 1.82) is 0 Å². The average Bonchev–Trinajstić information content (AvgIpc) is 2.77. The number of likely N-dealkylation sites (tertiary alicyclic amines) is 1. The molecule has 1 atom stereocenters. The average molecular weight is 257 g/mol. The Balaban J connectivity index is 2.12. The van der Waals surface area contributed by atoms with Crippen LogP contribution in [0.1, 0.15) is 32.6 Å². The van der Waals surface area contributed by atoms with Gasteiger partial charge in [0.05, 0.1) is 10.9 Å². The van der Waals surface area contributed by atoms with E-state index in [1.165, 1.54) is 25.9 Å². The van der Waals surface area contributed by atoms with Crippen LogP contribution in [0.4, 0.5) is 0 Å². The third-order valence-corrected chi connectivity index (χ3v) is 3.50. The van der Waals surface area contributed by atoms with Crippen LogP contribution in [0.25, 0.3) is 0 Å². The van der Waals surface area contributed by atoms with Crippen molar-refractivity contribution in [1.82, 2.24) is 10.2 Å². The summed E-state index contributed by atoms with van der Waals surface area (Å²) < 4.78 is 0. The van der Waals surface area contributed by atoms with Gasteiger partial charge in [0.2, 0.25) is 5.91 Å². The lowest BCUT2D eigenvalue weighted by Gasteiger charge is -2.16.